The van der Waals surface area contributed by atoms with Crippen LogP contribution in [0.1, 0.15) is 13.3 Å². The zero-order valence-electron chi connectivity index (χ0n) is 10.7. The number of anilines is 1. The van der Waals surface area contributed by atoms with Crippen LogP contribution in [0.3, 0.4) is 0 Å². The Kier molecular flexibility index (Phi) is 7.17. The van der Waals surface area contributed by atoms with Gasteiger partial charge >= 0.3 is 0 Å². The molecule has 4 N–H and O–H groups in total. The lowest BCUT2D eigenvalue weighted by atomic mass is 10.3. The van der Waals surface area contributed by atoms with Crippen LogP contribution in [0.2, 0.25) is 5.02 Å². The summed E-state index contributed by atoms with van der Waals surface area (Å²) < 4.78 is 18.3. The SMILES string of the molecule is CCOCCCN=C(NN)Nc1cc(F)ccc1Cl. The Morgan fingerprint density at radius 2 is 2.32 bits per heavy atom. The highest BCUT2D eigenvalue weighted by Crippen LogP contribution is 2.22. The van der Waals surface area contributed by atoms with Gasteiger partial charge in [-0.25, -0.2) is 10.2 Å². The molecule has 19 heavy (non-hydrogen) atoms. The van der Waals surface area contributed by atoms with Gasteiger partial charge in [0.15, 0.2) is 0 Å². The summed E-state index contributed by atoms with van der Waals surface area (Å²) >= 11 is 5.93. The molecule has 5 nitrogen and oxygen atoms in total. The molecule has 0 saturated heterocycles. The van der Waals surface area contributed by atoms with Crippen molar-refractivity contribution in [2.45, 2.75) is 13.3 Å². The van der Waals surface area contributed by atoms with Crippen LogP contribution in [-0.4, -0.2) is 25.7 Å². The molecule has 0 spiro atoms. The van der Waals surface area contributed by atoms with E-state index in [1.165, 1.54) is 18.2 Å². The van der Waals surface area contributed by atoms with Crippen LogP contribution in [0, 0.1) is 5.82 Å². The minimum atomic E-state index is -0.389. The topological polar surface area (TPSA) is 71.7 Å². The van der Waals surface area contributed by atoms with Gasteiger partial charge in [-0.2, -0.15) is 0 Å². The average molecular weight is 289 g/mol. The summed E-state index contributed by atoms with van der Waals surface area (Å²) in [5, 5.41) is 3.22. The van der Waals surface area contributed by atoms with Crippen LogP contribution in [0.4, 0.5) is 10.1 Å². The number of guanidine groups is 1. The van der Waals surface area contributed by atoms with Gasteiger partial charge in [0.2, 0.25) is 5.96 Å². The minimum absolute atomic E-state index is 0.323. The zero-order valence-corrected chi connectivity index (χ0v) is 11.5. The van der Waals surface area contributed by atoms with Crippen molar-refractivity contribution in [2.24, 2.45) is 10.8 Å². The van der Waals surface area contributed by atoms with Gasteiger partial charge in [0.25, 0.3) is 0 Å². The van der Waals surface area contributed by atoms with Gasteiger partial charge in [-0.15, -0.1) is 0 Å². The fourth-order valence-corrected chi connectivity index (χ4v) is 1.51. The Balaban J connectivity index is 2.55. The summed E-state index contributed by atoms with van der Waals surface area (Å²) in [5.74, 6) is 5.27. The van der Waals surface area contributed by atoms with Crippen molar-refractivity contribution in [3.63, 3.8) is 0 Å². The molecular formula is C12H18ClFN4O. The average Bonchev–Trinajstić information content (AvgIpc) is 2.41. The van der Waals surface area contributed by atoms with Gasteiger partial charge in [-0.1, -0.05) is 11.6 Å². The fourth-order valence-electron chi connectivity index (χ4n) is 1.34. The molecule has 0 aromatic heterocycles. The molecule has 0 aliphatic carbocycles. The molecule has 0 aliphatic rings. The first-order valence-electron chi connectivity index (χ1n) is 5.98. The van der Waals surface area contributed by atoms with E-state index in [1.54, 1.807) is 0 Å². The van der Waals surface area contributed by atoms with Crippen LogP contribution >= 0.6 is 11.6 Å². The second kappa shape index (κ2) is 8.68. The number of hydrazine groups is 1. The third-order valence-electron chi connectivity index (χ3n) is 2.24. The molecule has 0 fully saturated rings. The van der Waals surface area contributed by atoms with E-state index in [2.05, 4.69) is 15.7 Å². The van der Waals surface area contributed by atoms with Gasteiger partial charge in [0, 0.05) is 19.8 Å². The summed E-state index contributed by atoms with van der Waals surface area (Å²) in [6, 6.07) is 4.01. The molecule has 0 unspecified atom stereocenters. The van der Waals surface area contributed by atoms with Crippen LogP contribution in [0.5, 0.6) is 0 Å². The number of nitrogens with one attached hydrogen (secondary N) is 2. The quantitative estimate of drug-likeness (QED) is 0.247. The highest BCUT2D eigenvalue weighted by Gasteiger charge is 2.04. The molecule has 106 valence electrons. The molecule has 1 aromatic rings. The Morgan fingerprint density at radius 3 is 3.00 bits per heavy atom. The number of benzene rings is 1. The van der Waals surface area contributed by atoms with Crippen molar-refractivity contribution in [1.29, 1.82) is 0 Å². The molecule has 0 saturated carbocycles. The molecule has 0 heterocycles. The Hall–Kier alpha value is -1.37. The summed E-state index contributed by atoms with van der Waals surface area (Å²) in [6.07, 6.45) is 0.775. The number of ether oxygens (including phenoxy) is 1. The highest BCUT2D eigenvalue weighted by molar-refractivity contribution is 6.33. The Bertz CT molecular complexity index is 428. The van der Waals surface area contributed by atoms with Crippen molar-refractivity contribution >= 4 is 23.2 Å². The largest absolute Gasteiger partial charge is 0.382 e. The van der Waals surface area contributed by atoms with E-state index in [1.807, 2.05) is 6.92 Å². The first kappa shape index (κ1) is 15.7. The normalized spacial score (nSPS) is 11.5. The highest BCUT2D eigenvalue weighted by atomic mass is 35.5. The number of aliphatic imine (C=N–C) groups is 1. The molecule has 1 aromatic carbocycles. The number of hydrogen-bond donors (Lipinski definition) is 3. The van der Waals surface area contributed by atoms with Crippen LogP contribution in [-0.2, 0) is 4.74 Å². The zero-order chi connectivity index (χ0) is 14.1. The van der Waals surface area contributed by atoms with Crippen LogP contribution < -0.4 is 16.6 Å². The number of halogens is 2. The van der Waals surface area contributed by atoms with Crippen molar-refractivity contribution in [1.82, 2.24) is 5.43 Å². The third kappa shape index (κ3) is 5.87. The smallest absolute Gasteiger partial charge is 0.210 e. The van der Waals surface area contributed by atoms with E-state index in [9.17, 15) is 4.39 Å². The number of rotatable bonds is 6. The second-order valence-electron chi connectivity index (χ2n) is 3.67. The maximum absolute atomic E-state index is 13.1. The summed E-state index contributed by atoms with van der Waals surface area (Å²) in [5.41, 5.74) is 2.81. The van der Waals surface area contributed by atoms with Crippen LogP contribution in [0.15, 0.2) is 23.2 Å². The second-order valence-corrected chi connectivity index (χ2v) is 4.08. The molecule has 1 rings (SSSR count). The first-order valence-corrected chi connectivity index (χ1v) is 6.36. The molecule has 0 bridgehead atoms. The van der Waals surface area contributed by atoms with E-state index >= 15 is 0 Å². The standard InChI is InChI=1S/C12H18ClFN4O/c1-2-19-7-3-6-16-12(18-15)17-11-8-9(14)4-5-10(11)13/h4-5,8H,2-3,6-7,15H2,1H3,(H2,16,17,18). The molecule has 0 atom stereocenters. The summed E-state index contributed by atoms with van der Waals surface area (Å²) in [7, 11) is 0. The minimum Gasteiger partial charge on any atom is -0.382 e. The lowest BCUT2D eigenvalue weighted by molar-refractivity contribution is 0.146. The molecule has 0 amide bonds. The van der Waals surface area contributed by atoms with Gasteiger partial charge in [-0.3, -0.25) is 10.4 Å². The lowest BCUT2D eigenvalue weighted by Gasteiger charge is -2.10. The van der Waals surface area contributed by atoms with E-state index in [0.717, 1.165) is 6.42 Å². The third-order valence-corrected chi connectivity index (χ3v) is 2.57. The van der Waals surface area contributed by atoms with Crippen molar-refractivity contribution < 1.29 is 9.13 Å². The molecule has 0 radical (unpaired) electrons. The number of nitrogens with two attached hydrogens (primary N) is 1. The van der Waals surface area contributed by atoms with E-state index in [0.29, 0.717) is 36.4 Å². The number of hydrogen-bond acceptors (Lipinski definition) is 3. The predicted octanol–water partition coefficient (Wildman–Crippen LogP) is 2.14. The summed E-state index contributed by atoms with van der Waals surface area (Å²) in [6.45, 7) is 3.80. The van der Waals surface area contributed by atoms with Crippen LogP contribution in [0.25, 0.3) is 0 Å². The summed E-state index contributed by atoms with van der Waals surface area (Å²) in [4.78, 5) is 4.19. The maximum Gasteiger partial charge on any atom is 0.210 e. The molecule has 7 heteroatoms. The molecule has 0 aliphatic heterocycles. The Labute approximate surface area is 117 Å². The fraction of sp³-hybridized carbons (Fsp3) is 0.417. The Morgan fingerprint density at radius 1 is 1.53 bits per heavy atom. The van der Waals surface area contributed by atoms with E-state index in [-0.39, 0.29) is 5.82 Å². The van der Waals surface area contributed by atoms with Gasteiger partial charge in [-0.05, 0) is 31.5 Å². The lowest BCUT2D eigenvalue weighted by Crippen LogP contribution is -2.36. The molecular weight excluding hydrogens is 271 g/mol. The van der Waals surface area contributed by atoms with Crippen molar-refractivity contribution in [3.8, 4) is 0 Å². The van der Waals surface area contributed by atoms with Gasteiger partial charge in [0.1, 0.15) is 5.82 Å². The monoisotopic (exact) mass is 288 g/mol. The van der Waals surface area contributed by atoms with Crippen molar-refractivity contribution in [2.75, 3.05) is 25.1 Å². The van der Waals surface area contributed by atoms with Gasteiger partial charge in [0.05, 0.1) is 10.7 Å². The van der Waals surface area contributed by atoms with Gasteiger partial charge < -0.3 is 10.1 Å². The predicted molar refractivity (Wildman–Crippen MR) is 75.8 cm³/mol. The number of nitrogens with zero attached hydrogens (tertiary/aromatic N) is 1. The van der Waals surface area contributed by atoms with E-state index < -0.39 is 0 Å². The van der Waals surface area contributed by atoms with Crippen molar-refractivity contribution in [3.05, 3.63) is 29.0 Å². The first-order chi connectivity index (χ1) is 9.17. The van der Waals surface area contributed by atoms with E-state index in [4.69, 9.17) is 22.2 Å². The maximum atomic E-state index is 13.1.